The van der Waals surface area contributed by atoms with Crippen LogP contribution < -0.4 is 0 Å². The molecule has 1 aliphatic rings. The van der Waals surface area contributed by atoms with E-state index in [1.54, 1.807) is 4.68 Å². The number of carbonyl (C=O) groups is 2. The van der Waals surface area contributed by atoms with Crippen LogP contribution in [0.25, 0.3) is 11.0 Å². The number of piperidine rings is 1. The first-order chi connectivity index (χ1) is 18.8. The van der Waals surface area contributed by atoms with Gasteiger partial charge in [-0.05, 0) is 73.7 Å². The molecule has 4 aromatic rings. The molecule has 1 unspecified atom stereocenters. The minimum Gasteiger partial charge on any atom is -0.483 e. The number of rotatable bonds is 8. The number of benzene rings is 2. The molecule has 1 atom stereocenters. The van der Waals surface area contributed by atoms with Gasteiger partial charge in [-0.25, -0.2) is 9.67 Å². The first-order valence-corrected chi connectivity index (χ1v) is 13.2. The van der Waals surface area contributed by atoms with Gasteiger partial charge in [0.15, 0.2) is 0 Å². The Labute approximate surface area is 227 Å². The average Bonchev–Trinajstić information content (AvgIpc) is 3.52. The van der Waals surface area contributed by atoms with Gasteiger partial charge in [-0.1, -0.05) is 35.9 Å². The number of aliphatic carboxylic acids is 1. The predicted molar refractivity (Wildman–Crippen MR) is 148 cm³/mol. The lowest BCUT2D eigenvalue weighted by Gasteiger charge is -2.26. The molecule has 2 aromatic carbocycles. The van der Waals surface area contributed by atoms with Gasteiger partial charge in [0.05, 0.1) is 18.5 Å². The predicted octanol–water partition coefficient (Wildman–Crippen LogP) is 4.12. The van der Waals surface area contributed by atoms with Gasteiger partial charge in [-0.3, -0.25) is 14.5 Å². The van der Waals surface area contributed by atoms with E-state index in [0.29, 0.717) is 6.54 Å². The third-order valence-electron chi connectivity index (χ3n) is 7.56. The summed E-state index contributed by atoms with van der Waals surface area (Å²) in [6.45, 7) is 7.72. The fourth-order valence-electron chi connectivity index (χ4n) is 5.42. The molecule has 39 heavy (non-hydrogen) atoms. The lowest BCUT2D eigenvalue weighted by molar-refractivity contribution is -0.137. The highest BCUT2D eigenvalue weighted by atomic mass is 16.4. The van der Waals surface area contributed by atoms with Crippen molar-refractivity contribution in [3.63, 3.8) is 0 Å². The lowest BCUT2D eigenvalue weighted by atomic mass is 9.84. The molecule has 0 radical (unpaired) electrons. The minimum absolute atomic E-state index is 0.0143. The van der Waals surface area contributed by atoms with Gasteiger partial charge in [0.2, 0.25) is 0 Å². The third kappa shape index (κ3) is 6.51. The molecule has 1 saturated heterocycles. The van der Waals surface area contributed by atoms with Crippen LogP contribution in [-0.4, -0.2) is 65.2 Å². The third-order valence-corrected chi connectivity index (χ3v) is 7.56. The highest BCUT2D eigenvalue weighted by Crippen LogP contribution is 2.34. The number of hydrogen-bond acceptors (Lipinski definition) is 6. The Morgan fingerprint density at radius 2 is 1.85 bits per heavy atom. The van der Waals surface area contributed by atoms with Crippen molar-refractivity contribution in [2.24, 2.45) is 7.05 Å². The highest BCUT2D eigenvalue weighted by molar-refractivity contribution is 5.80. The second-order valence-corrected chi connectivity index (χ2v) is 10.1. The zero-order valence-electron chi connectivity index (χ0n) is 22.7. The Balaban J connectivity index is 0.00000112. The Bertz CT molecular complexity index is 1440. The van der Waals surface area contributed by atoms with Crippen molar-refractivity contribution >= 4 is 23.5 Å². The number of likely N-dealkylation sites (tertiary alicyclic amines) is 1. The summed E-state index contributed by atoms with van der Waals surface area (Å²) in [6.07, 6.45) is 7.77. The van der Waals surface area contributed by atoms with Crippen LogP contribution in [0.1, 0.15) is 65.2 Å². The van der Waals surface area contributed by atoms with Crippen LogP contribution in [0.2, 0.25) is 0 Å². The number of fused-ring (bicyclic) bond motifs is 1. The molecule has 1 aliphatic heterocycles. The average molecular weight is 533 g/mol. The summed E-state index contributed by atoms with van der Waals surface area (Å²) in [5.41, 5.74) is 7.09. The van der Waals surface area contributed by atoms with E-state index in [1.807, 2.05) is 38.5 Å². The fourth-order valence-corrected chi connectivity index (χ4v) is 5.42. The second-order valence-electron chi connectivity index (χ2n) is 10.1. The van der Waals surface area contributed by atoms with Gasteiger partial charge in [0, 0.05) is 31.9 Å². The van der Waals surface area contributed by atoms with E-state index < -0.39 is 5.97 Å². The summed E-state index contributed by atoms with van der Waals surface area (Å²) >= 11 is 0. The Hall–Kier alpha value is -4.05. The quantitative estimate of drug-likeness (QED) is 0.325. The monoisotopic (exact) mass is 532 g/mol. The van der Waals surface area contributed by atoms with Gasteiger partial charge < -0.3 is 14.8 Å². The normalized spacial score (nSPS) is 14.5. The zero-order valence-corrected chi connectivity index (χ0v) is 22.7. The Kier molecular flexibility index (Phi) is 9.08. The summed E-state index contributed by atoms with van der Waals surface area (Å²) in [5, 5.41) is 25.1. The number of imidazole rings is 1. The van der Waals surface area contributed by atoms with Gasteiger partial charge >= 0.3 is 5.97 Å². The molecular weight excluding hydrogens is 496 g/mol. The minimum atomic E-state index is -0.820. The molecule has 206 valence electrons. The molecule has 10 heteroatoms. The number of aromatic nitrogens is 5. The second kappa shape index (κ2) is 12.7. The molecule has 3 heterocycles. The maximum Gasteiger partial charge on any atom is 0.304 e. The van der Waals surface area contributed by atoms with Crippen LogP contribution >= 0.6 is 0 Å². The van der Waals surface area contributed by atoms with Crippen LogP contribution in [-0.2, 0) is 29.7 Å². The van der Waals surface area contributed by atoms with Crippen molar-refractivity contribution in [1.29, 1.82) is 0 Å². The van der Waals surface area contributed by atoms with Crippen molar-refractivity contribution in [3.05, 3.63) is 76.4 Å². The van der Waals surface area contributed by atoms with Crippen LogP contribution in [0.3, 0.4) is 0 Å². The molecule has 0 aliphatic carbocycles. The molecule has 0 saturated carbocycles. The molecule has 2 aromatic heterocycles. The van der Waals surface area contributed by atoms with Gasteiger partial charge in [0.1, 0.15) is 11.3 Å². The first kappa shape index (κ1) is 28.0. The topological polar surface area (TPSA) is 126 Å². The summed E-state index contributed by atoms with van der Waals surface area (Å²) in [5.74, 6) is -0.0178. The van der Waals surface area contributed by atoms with Gasteiger partial charge in [-0.15, -0.1) is 5.10 Å². The first-order valence-electron chi connectivity index (χ1n) is 13.2. The van der Waals surface area contributed by atoms with Crippen molar-refractivity contribution < 1.29 is 19.8 Å². The number of aryl methyl sites for hydroxylation is 3. The maximum atomic E-state index is 11.9. The zero-order chi connectivity index (χ0) is 27.9. The molecule has 0 amide bonds. The van der Waals surface area contributed by atoms with E-state index in [0.717, 1.165) is 53.2 Å². The number of carboxylic acid groups (broad SMARTS) is 2. The summed E-state index contributed by atoms with van der Waals surface area (Å²) in [6, 6.07) is 10.4. The lowest BCUT2D eigenvalue weighted by Crippen LogP contribution is -2.30. The van der Waals surface area contributed by atoms with Gasteiger partial charge in [0.25, 0.3) is 6.47 Å². The van der Waals surface area contributed by atoms with Crippen LogP contribution in [0.15, 0.2) is 42.7 Å². The van der Waals surface area contributed by atoms with Crippen molar-refractivity contribution in [2.75, 3.05) is 13.1 Å². The highest BCUT2D eigenvalue weighted by Gasteiger charge is 2.23. The molecule has 2 N–H and O–H groups in total. The smallest absolute Gasteiger partial charge is 0.304 e. The van der Waals surface area contributed by atoms with E-state index >= 15 is 0 Å². The van der Waals surface area contributed by atoms with Crippen molar-refractivity contribution in [1.82, 2.24) is 29.4 Å². The van der Waals surface area contributed by atoms with E-state index in [1.165, 1.54) is 30.4 Å². The van der Waals surface area contributed by atoms with Crippen LogP contribution in [0, 0.1) is 13.8 Å². The van der Waals surface area contributed by atoms with E-state index in [2.05, 4.69) is 49.9 Å². The molecule has 5 rings (SSSR count). The maximum absolute atomic E-state index is 11.9. The Morgan fingerprint density at radius 1 is 1.10 bits per heavy atom. The van der Waals surface area contributed by atoms with E-state index in [9.17, 15) is 9.90 Å². The van der Waals surface area contributed by atoms with E-state index in [-0.39, 0.29) is 18.8 Å². The summed E-state index contributed by atoms with van der Waals surface area (Å²) in [7, 11) is 1.87. The van der Waals surface area contributed by atoms with Gasteiger partial charge in [-0.2, -0.15) is 0 Å². The summed E-state index contributed by atoms with van der Waals surface area (Å²) in [4.78, 5) is 27.4. The SMILES string of the molecule is Cc1ccc(C(CC(=O)O)c2ccc3c(nnn3C)c2C)cc1Cn1ccnc1CN1CCCCC1.O=CO. The molecule has 1 fully saturated rings. The van der Waals surface area contributed by atoms with Crippen molar-refractivity contribution in [3.8, 4) is 0 Å². The molecule has 10 nitrogen and oxygen atoms in total. The number of carboxylic acids is 1. The summed E-state index contributed by atoms with van der Waals surface area (Å²) < 4.78 is 3.97. The van der Waals surface area contributed by atoms with E-state index in [4.69, 9.17) is 9.90 Å². The number of hydrogen-bond donors (Lipinski definition) is 2. The largest absolute Gasteiger partial charge is 0.483 e. The van der Waals surface area contributed by atoms with Crippen LogP contribution in [0.5, 0.6) is 0 Å². The molecular formula is C29H36N6O4. The van der Waals surface area contributed by atoms with Crippen LogP contribution in [0.4, 0.5) is 0 Å². The molecule has 0 spiro atoms. The molecule has 0 bridgehead atoms. The Morgan fingerprint density at radius 3 is 2.56 bits per heavy atom. The fraction of sp³-hybridized carbons (Fsp3) is 0.414. The number of nitrogens with zero attached hydrogens (tertiary/aromatic N) is 6. The standard InChI is InChI=1S/C28H34N6O2.CH2O2/c1-19-7-8-21(15-22(19)17-34-14-11-29-26(34)18-33-12-5-4-6-13-33)24(16-27(35)36)23-9-10-25-28(20(23)2)30-31-32(25)3;2-1-3/h7-11,14-15,24H,4-6,12-13,16-18H2,1-3H3,(H,35,36);1H,(H,2,3). The van der Waals surface area contributed by atoms with Crippen molar-refractivity contribution in [2.45, 2.75) is 58.5 Å².